The Hall–Kier alpha value is -5.54. The zero-order valence-electron chi connectivity index (χ0n) is 23.0. The van der Waals surface area contributed by atoms with Crippen molar-refractivity contribution in [3.05, 3.63) is 133 Å². The summed E-state index contributed by atoms with van der Waals surface area (Å²) in [5.41, 5.74) is 11.3. The van der Waals surface area contributed by atoms with Gasteiger partial charge in [-0.25, -0.2) is 9.97 Å². The number of rotatable bonds is 2. The highest BCUT2D eigenvalue weighted by molar-refractivity contribution is 6.12. The van der Waals surface area contributed by atoms with E-state index < -0.39 is 0 Å². The summed E-state index contributed by atoms with van der Waals surface area (Å²) in [6.07, 6.45) is 0. The van der Waals surface area contributed by atoms with Gasteiger partial charge in [0.1, 0.15) is 0 Å². The maximum Gasteiger partial charge on any atom is 0.0715 e. The standard InChI is InChI=1S/C39H25N3/c1-42-38-18-16-24(28-10-6-14-36-30(28)22-26-8-2-4-12-34(26)40-36)20-32(38)33-21-25(17-19-39(33)42)29-11-7-15-37-31(29)23-27-9-3-5-13-35(27)41-37/h2-23H,1H3. The number of aryl methyl sites for hydroxylation is 1. The van der Waals surface area contributed by atoms with Crippen LogP contribution in [0, 0.1) is 0 Å². The van der Waals surface area contributed by atoms with Crippen molar-refractivity contribution in [1.82, 2.24) is 14.5 Å². The number of aromatic nitrogens is 3. The Bertz CT molecular complexity index is 2360. The summed E-state index contributed by atoms with van der Waals surface area (Å²) in [6.45, 7) is 0. The molecule has 3 heterocycles. The lowest BCUT2D eigenvalue weighted by molar-refractivity contribution is 1.01. The molecule has 42 heavy (non-hydrogen) atoms. The van der Waals surface area contributed by atoms with Gasteiger partial charge in [0.2, 0.25) is 0 Å². The fourth-order valence-corrected chi connectivity index (χ4v) is 6.65. The maximum atomic E-state index is 4.96. The van der Waals surface area contributed by atoms with E-state index in [1.807, 2.05) is 12.1 Å². The Labute approximate surface area is 242 Å². The smallest absolute Gasteiger partial charge is 0.0715 e. The third-order valence-corrected chi connectivity index (χ3v) is 8.75. The molecule has 0 radical (unpaired) electrons. The molecule has 0 N–H and O–H groups in total. The van der Waals surface area contributed by atoms with E-state index in [-0.39, 0.29) is 0 Å². The molecule has 0 aliphatic heterocycles. The van der Waals surface area contributed by atoms with Crippen LogP contribution in [0.5, 0.6) is 0 Å². The Morgan fingerprint density at radius 1 is 0.405 bits per heavy atom. The van der Waals surface area contributed by atoms with Gasteiger partial charge in [-0.2, -0.15) is 0 Å². The van der Waals surface area contributed by atoms with E-state index in [0.29, 0.717) is 0 Å². The van der Waals surface area contributed by atoms with Crippen molar-refractivity contribution in [2.45, 2.75) is 0 Å². The minimum Gasteiger partial charge on any atom is -0.344 e. The molecule has 0 amide bonds. The highest BCUT2D eigenvalue weighted by Gasteiger charge is 2.14. The Morgan fingerprint density at radius 2 is 0.857 bits per heavy atom. The molecule has 0 fully saturated rings. The molecule has 196 valence electrons. The van der Waals surface area contributed by atoms with Crippen molar-refractivity contribution in [1.29, 1.82) is 0 Å². The van der Waals surface area contributed by atoms with E-state index in [2.05, 4.69) is 133 Å². The fraction of sp³-hybridized carbons (Fsp3) is 0.0256. The summed E-state index contributed by atoms with van der Waals surface area (Å²) in [4.78, 5) is 9.92. The summed E-state index contributed by atoms with van der Waals surface area (Å²) < 4.78 is 2.30. The van der Waals surface area contributed by atoms with Crippen LogP contribution in [0.1, 0.15) is 0 Å². The average Bonchev–Trinajstić information content (AvgIpc) is 3.32. The van der Waals surface area contributed by atoms with Gasteiger partial charge in [-0.15, -0.1) is 0 Å². The van der Waals surface area contributed by atoms with Crippen molar-refractivity contribution in [3.8, 4) is 22.3 Å². The molecule has 0 unspecified atom stereocenters. The molecule has 0 spiro atoms. The molecule has 0 aliphatic carbocycles. The van der Waals surface area contributed by atoms with E-state index in [9.17, 15) is 0 Å². The van der Waals surface area contributed by atoms with Gasteiger partial charge < -0.3 is 4.57 Å². The summed E-state index contributed by atoms with van der Waals surface area (Å²) in [7, 11) is 2.16. The lowest BCUT2D eigenvalue weighted by Gasteiger charge is -2.09. The highest BCUT2D eigenvalue weighted by atomic mass is 14.9. The van der Waals surface area contributed by atoms with Crippen LogP contribution in [-0.4, -0.2) is 14.5 Å². The molecule has 3 heteroatoms. The average molecular weight is 536 g/mol. The van der Waals surface area contributed by atoms with Crippen LogP contribution in [0.4, 0.5) is 0 Å². The summed E-state index contributed by atoms with van der Waals surface area (Å²) in [5, 5.41) is 7.16. The second kappa shape index (κ2) is 8.73. The first-order valence-electron chi connectivity index (χ1n) is 14.3. The van der Waals surface area contributed by atoms with E-state index >= 15 is 0 Å². The quantitative estimate of drug-likeness (QED) is 0.206. The van der Waals surface area contributed by atoms with Gasteiger partial charge in [-0.3, -0.25) is 0 Å². The van der Waals surface area contributed by atoms with Gasteiger partial charge in [-0.05, 0) is 82.9 Å². The van der Waals surface area contributed by atoms with Crippen molar-refractivity contribution < 1.29 is 0 Å². The van der Waals surface area contributed by atoms with Crippen molar-refractivity contribution >= 4 is 65.4 Å². The first-order chi connectivity index (χ1) is 20.7. The van der Waals surface area contributed by atoms with Crippen LogP contribution in [0.2, 0.25) is 0 Å². The largest absolute Gasteiger partial charge is 0.344 e. The third-order valence-electron chi connectivity index (χ3n) is 8.75. The first-order valence-corrected chi connectivity index (χ1v) is 14.3. The summed E-state index contributed by atoms with van der Waals surface area (Å²) in [6, 6.07) is 47.8. The van der Waals surface area contributed by atoms with E-state index in [0.717, 1.165) is 32.8 Å². The number of benzene rings is 6. The van der Waals surface area contributed by atoms with Crippen LogP contribution in [-0.2, 0) is 7.05 Å². The lowest BCUT2D eigenvalue weighted by atomic mass is 9.96. The molecule has 0 saturated carbocycles. The monoisotopic (exact) mass is 535 g/mol. The maximum absolute atomic E-state index is 4.96. The third kappa shape index (κ3) is 3.40. The minimum absolute atomic E-state index is 1.02. The van der Waals surface area contributed by atoms with Crippen LogP contribution < -0.4 is 0 Å². The van der Waals surface area contributed by atoms with Crippen LogP contribution in [0.15, 0.2) is 133 Å². The molecular weight excluding hydrogens is 510 g/mol. The number of hydrogen-bond donors (Lipinski definition) is 0. The van der Waals surface area contributed by atoms with Crippen LogP contribution in [0.3, 0.4) is 0 Å². The second-order valence-corrected chi connectivity index (χ2v) is 11.1. The van der Waals surface area contributed by atoms with Crippen molar-refractivity contribution in [3.63, 3.8) is 0 Å². The number of nitrogens with zero attached hydrogens (tertiary/aromatic N) is 3. The molecule has 0 atom stereocenters. The molecule has 9 rings (SSSR count). The van der Waals surface area contributed by atoms with Gasteiger partial charge >= 0.3 is 0 Å². The van der Waals surface area contributed by atoms with Crippen molar-refractivity contribution in [2.75, 3.05) is 0 Å². The lowest BCUT2D eigenvalue weighted by Crippen LogP contribution is -1.88. The second-order valence-electron chi connectivity index (χ2n) is 11.1. The number of hydrogen-bond acceptors (Lipinski definition) is 2. The molecule has 3 aromatic heterocycles. The minimum atomic E-state index is 1.02. The van der Waals surface area contributed by atoms with Crippen LogP contribution >= 0.6 is 0 Å². The molecular formula is C39H25N3. The predicted molar refractivity (Wildman–Crippen MR) is 177 cm³/mol. The van der Waals surface area contributed by atoms with Crippen molar-refractivity contribution in [2.24, 2.45) is 7.05 Å². The van der Waals surface area contributed by atoms with Gasteiger partial charge in [-0.1, -0.05) is 72.8 Å². The SMILES string of the molecule is Cn1c2ccc(-c3cccc4nc5ccccc5cc34)cc2c2cc(-c3cccc4nc5ccccc5cc34)ccc21. The molecule has 3 nitrogen and oxygen atoms in total. The first kappa shape index (κ1) is 23.2. The van der Waals surface area contributed by atoms with Crippen LogP contribution in [0.25, 0.3) is 87.7 Å². The Morgan fingerprint density at radius 3 is 1.36 bits per heavy atom. The number of fused-ring (bicyclic) bond motifs is 7. The zero-order valence-corrected chi connectivity index (χ0v) is 23.0. The topological polar surface area (TPSA) is 30.7 Å². The van der Waals surface area contributed by atoms with E-state index in [1.54, 1.807) is 0 Å². The Balaban J connectivity index is 1.26. The summed E-state index contributed by atoms with van der Waals surface area (Å²) >= 11 is 0. The molecule has 0 saturated heterocycles. The summed E-state index contributed by atoms with van der Waals surface area (Å²) in [5.74, 6) is 0. The number of para-hydroxylation sites is 2. The van der Waals surface area contributed by atoms with Gasteiger partial charge in [0, 0.05) is 50.4 Å². The van der Waals surface area contributed by atoms with Gasteiger partial charge in [0.15, 0.2) is 0 Å². The molecule has 0 aliphatic rings. The Kier molecular flexibility index (Phi) is 4.82. The molecule has 9 aromatic rings. The number of pyridine rings is 2. The molecule has 0 bridgehead atoms. The predicted octanol–water partition coefficient (Wildman–Crippen LogP) is 10.1. The normalized spacial score (nSPS) is 11.9. The molecule has 6 aromatic carbocycles. The fourth-order valence-electron chi connectivity index (χ4n) is 6.65. The highest BCUT2D eigenvalue weighted by Crippen LogP contribution is 2.38. The van der Waals surface area contributed by atoms with Gasteiger partial charge in [0.05, 0.1) is 22.1 Å². The van der Waals surface area contributed by atoms with E-state index in [1.165, 1.54) is 54.8 Å². The van der Waals surface area contributed by atoms with Gasteiger partial charge in [0.25, 0.3) is 0 Å². The van der Waals surface area contributed by atoms with E-state index in [4.69, 9.17) is 9.97 Å². The zero-order chi connectivity index (χ0) is 27.8.